The standard InChI is InChI=1S/C22H27NO2S/c1-3-5-14-23(15-6-4-2)22(24)18-11-9-13-21-19(18)16-17-10-7-8-12-20(17)26(21)25/h7-13H,3-6,14-16H2,1-2H3. The molecule has 0 spiro atoms. The summed E-state index contributed by atoms with van der Waals surface area (Å²) in [5, 5.41) is 0. The molecule has 0 aromatic heterocycles. The normalized spacial score (nSPS) is 15.2. The van der Waals surface area contributed by atoms with Gasteiger partial charge >= 0.3 is 0 Å². The molecular formula is C22H27NO2S. The van der Waals surface area contributed by atoms with E-state index in [2.05, 4.69) is 13.8 Å². The van der Waals surface area contributed by atoms with Gasteiger partial charge in [0.1, 0.15) is 0 Å². The molecule has 26 heavy (non-hydrogen) atoms. The maximum absolute atomic E-state index is 13.3. The molecule has 1 atom stereocenters. The molecule has 138 valence electrons. The number of rotatable bonds is 7. The van der Waals surface area contributed by atoms with Crippen LogP contribution in [0, 0.1) is 0 Å². The second-order valence-corrected chi connectivity index (χ2v) is 8.25. The summed E-state index contributed by atoms with van der Waals surface area (Å²) in [4.78, 5) is 16.9. The summed E-state index contributed by atoms with van der Waals surface area (Å²) in [6, 6.07) is 13.5. The number of hydrogen-bond donors (Lipinski definition) is 0. The SMILES string of the molecule is CCCCN(CCCC)C(=O)c1cccc2c1Cc1ccccc1S2=O. The lowest BCUT2D eigenvalue weighted by Crippen LogP contribution is -2.34. The third-order valence-electron chi connectivity index (χ3n) is 4.95. The molecule has 4 heteroatoms. The van der Waals surface area contributed by atoms with Crippen molar-refractivity contribution in [1.29, 1.82) is 0 Å². The first-order valence-electron chi connectivity index (χ1n) is 9.58. The zero-order valence-electron chi connectivity index (χ0n) is 15.7. The first-order chi connectivity index (χ1) is 12.7. The van der Waals surface area contributed by atoms with Gasteiger partial charge < -0.3 is 4.90 Å². The van der Waals surface area contributed by atoms with Crippen molar-refractivity contribution in [3.05, 3.63) is 59.2 Å². The molecule has 0 aliphatic carbocycles. The van der Waals surface area contributed by atoms with Gasteiger partial charge in [0.15, 0.2) is 0 Å². The zero-order valence-corrected chi connectivity index (χ0v) is 16.5. The summed E-state index contributed by atoms with van der Waals surface area (Å²) in [6.45, 7) is 5.87. The van der Waals surface area contributed by atoms with Crippen LogP contribution in [0.25, 0.3) is 0 Å². The van der Waals surface area contributed by atoms with Crippen LogP contribution in [-0.4, -0.2) is 28.1 Å². The maximum atomic E-state index is 13.3. The van der Waals surface area contributed by atoms with Crippen molar-refractivity contribution in [2.45, 2.75) is 55.7 Å². The van der Waals surface area contributed by atoms with Crippen LogP contribution in [0.15, 0.2) is 52.3 Å². The highest BCUT2D eigenvalue weighted by Gasteiger charge is 2.27. The van der Waals surface area contributed by atoms with Crippen LogP contribution in [0.2, 0.25) is 0 Å². The Kier molecular flexibility index (Phi) is 6.25. The summed E-state index contributed by atoms with van der Waals surface area (Å²) in [5.74, 6) is 0.0835. The van der Waals surface area contributed by atoms with E-state index in [1.807, 2.05) is 47.4 Å². The van der Waals surface area contributed by atoms with E-state index in [1.54, 1.807) is 0 Å². The molecule has 1 aliphatic rings. The van der Waals surface area contributed by atoms with Gasteiger partial charge in [0.2, 0.25) is 0 Å². The summed E-state index contributed by atoms with van der Waals surface area (Å²) in [7, 11) is -1.21. The molecular weight excluding hydrogens is 342 g/mol. The molecule has 0 radical (unpaired) electrons. The van der Waals surface area contributed by atoms with Crippen LogP contribution in [-0.2, 0) is 17.2 Å². The lowest BCUT2D eigenvalue weighted by Gasteiger charge is -2.26. The number of nitrogens with zero attached hydrogens (tertiary/aromatic N) is 1. The quantitative estimate of drug-likeness (QED) is 0.600. The molecule has 0 saturated carbocycles. The number of carbonyl (C=O) groups is 1. The molecule has 3 rings (SSSR count). The van der Waals surface area contributed by atoms with Crippen molar-refractivity contribution in [3.63, 3.8) is 0 Å². The van der Waals surface area contributed by atoms with E-state index in [1.165, 1.54) is 0 Å². The Bertz CT molecular complexity index is 808. The Balaban J connectivity index is 1.96. The van der Waals surface area contributed by atoms with Gasteiger partial charge in [-0.05, 0) is 42.2 Å². The first-order valence-corrected chi connectivity index (χ1v) is 10.7. The van der Waals surface area contributed by atoms with Crippen LogP contribution in [0.3, 0.4) is 0 Å². The molecule has 2 aromatic rings. The van der Waals surface area contributed by atoms with E-state index in [0.717, 1.165) is 65.3 Å². The van der Waals surface area contributed by atoms with E-state index in [4.69, 9.17) is 0 Å². The Morgan fingerprint density at radius 1 is 0.962 bits per heavy atom. The number of carbonyl (C=O) groups excluding carboxylic acids is 1. The maximum Gasteiger partial charge on any atom is 0.254 e. The van der Waals surface area contributed by atoms with Gasteiger partial charge in [-0.1, -0.05) is 51.0 Å². The number of unbranched alkanes of at least 4 members (excludes halogenated alkanes) is 2. The van der Waals surface area contributed by atoms with Crippen molar-refractivity contribution >= 4 is 16.7 Å². The van der Waals surface area contributed by atoms with Crippen LogP contribution < -0.4 is 0 Å². The van der Waals surface area contributed by atoms with E-state index in [0.29, 0.717) is 6.42 Å². The van der Waals surface area contributed by atoms with Crippen LogP contribution in [0.5, 0.6) is 0 Å². The van der Waals surface area contributed by atoms with Crippen molar-refractivity contribution in [3.8, 4) is 0 Å². The lowest BCUT2D eigenvalue weighted by molar-refractivity contribution is 0.0749. The van der Waals surface area contributed by atoms with Gasteiger partial charge in [0, 0.05) is 34.9 Å². The summed E-state index contributed by atoms with van der Waals surface area (Å²) < 4.78 is 13.0. The Morgan fingerprint density at radius 3 is 2.31 bits per heavy atom. The largest absolute Gasteiger partial charge is 0.339 e. The van der Waals surface area contributed by atoms with E-state index in [9.17, 15) is 9.00 Å². The summed E-state index contributed by atoms with van der Waals surface area (Å²) in [5.41, 5.74) is 2.72. The third kappa shape index (κ3) is 3.75. The minimum atomic E-state index is -1.21. The van der Waals surface area contributed by atoms with Crippen LogP contribution in [0.4, 0.5) is 0 Å². The van der Waals surface area contributed by atoms with Gasteiger partial charge in [-0.3, -0.25) is 4.79 Å². The monoisotopic (exact) mass is 369 g/mol. The number of amides is 1. The first kappa shape index (κ1) is 18.8. The van der Waals surface area contributed by atoms with Crippen molar-refractivity contribution in [1.82, 2.24) is 4.90 Å². The number of benzene rings is 2. The Morgan fingerprint density at radius 2 is 1.62 bits per heavy atom. The highest BCUT2D eigenvalue weighted by atomic mass is 32.2. The van der Waals surface area contributed by atoms with Crippen LogP contribution >= 0.6 is 0 Å². The molecule has 0 fully saturated rings. The van der Waals surface area contributed by atoms with E-state index < -0.39 is 10.8 Å². The minimum absolute atomic E-state index is 0.0835. The van der Waals surface area contributed by atoms with Crippen LogP contribution in [0.1, 0.15) is 61.0 Å². The molecule has 1 amide bonds. The predicted molar refractivity (Wildman–Crippen MR) is 106 cm³/mol. The molecule has 0 bridgehead atoms. The summed E-state index contributed by atoms with van der Waals surface area (Å²) >= 11 is 0. The number of fused-ring (bicyclic) bond motifs is 2. The fraction of sp³-hybridized carbons (Fsp3) is 0.409. The van der Waals surface area contributed by atoms with Gasteiger partial charge in [0.05, 0.1) is 10.8 Å². The molecule has 0 N–H and O–H groups in total. The molecule has 1 aliphatic heterocycles. The Labute approximate surface area is 158 Å². The third-order valence-corrected chi connectivity index (χ3v) is 6.53. The lowest BCUT2D eigenvalue weighted by atomic mass is 9.98. The fourth-order valence-electron chi connectivity index (χ4n) is 3.44. The average Bonchev–Trinajstić information content (AvgIpc) is 2.67. The number of hydrogen-bond acceptors (Lipinski definition) is 2. The van der Waals surface area contributed by atoms with E-state index >= 15 is 0 Å². The molecule has 1 heterocycles. The van der Waals surface area contributed by atoms with Crippen molar-refractivity contribution in [2.24, 2.45) is 0 Å². The van der Waals surface area contributed by atoms with Gasteiger partial charge in [-0.15, -0.1) is 0 Å². The molecule has 3 nitrogen and oxygen atoms in total. The van der Waals surface area contributed by atoms with Gasteiger partial charge in [-0.2, -0.15) is 0 Å². The van der Waals surface area contributed by atoms with Crippen molar-refractivity contribution in [2.75, 3.05) is 13.1 Å². The topological polar surface area (TPSA) is 37.4 Å². The van der Waals surface area contributed by atoms with Gasteiger partial charge in [0.25, 0.3) is 5.91 Å². The van der Waals surface area contributed by atoms with Crippen molar-refractivity contribution < 1.29 is 9.00 Å². The molecule has 2 aromatic carbocycles. The van der Waals surface area contributed by atoms with Gasteiger partial charge in [-0.25, -0.2) is 4.21 Å². The second kappa shape index (κ2) is 8.63. The summed E-state index contributed by atoms with van der Waals surface area (Å²) in [6.07, 6.45) is 4.84. The fourth-order valence-corrected chi connectivity index (χ4v) is 4.87. The predicted octanol–water partition coefficient (Wildman–Crippen LogP) is 4.80. The minimum Gasteiger partial charge on any atom is -0.339 e. The highest BCUT2D eigenvalue weighted by molar-refractivity contribution is 7.85. The average molecular weight is 370 g/mol. The van der Waals surface area contributed by atoms with E-state index in [-0.39, 0.29) is 5.91 Å². The highest BCUT2D eigenvalue weighted by Crippen LogP contribution is 2.33. The second-order valence-electron chi connectivity index (χ2n) is 6.83. The smallest absolute Gasteiger partial charge is 0.254 e. The molecule has 0 saturated heterocycles. The Hall–Kier alpha value is -1.94. The molecule has 1 unspecified atom stereocenters. The zero-order chi connectivity index (χ0) is 18.5.